The minimum Gasteiger partial charge on any atom is -0.323 e. The third-order valence-electron chi connectivity index (χ3n) is 4.64. The van der Waals surface area contributed by atoms with Gasteiger partial charge in [-0.05, 0) is 46.7 Å². The Morgan fingerprint density at radius 1 is 0.903 bits per heavy atom. The molecule has 1 aliphatic rings. The average Bonchev–Trinajstić information content (AvgIpc) is 3.04. The van der Waals surface area contributed by atoms with Crippen molar-refractivity contribution in [3.63, 3.8) is 0 Å². The predicted molar refractivity (Wildman–Crippen MR) is 125 cm³/mol. The van der Waals surface area contributed by atoms with Crippen LogP contribution in [-0.2, 0) is 9.59 Å². The van der Waals surface area contributed by atoms with Crippen LogP contribution in [0.25, 0.3) is 17.2 Å². The molecule has 1 N–H and O–H groups in total. The summed E-state index contributed by atoms with van der Waals surface area (Å²) < 4.78 is 0. The van der Waals surface area contributed by atoms with Gasteiger partial charge >= 0.3 is 0 Å². The molecule has 0 radical (unpaired) electrons. The molecule has 0 saturated carbocycles. The molecule has 1 heterocycles. The van der Waals surface area contributed by atoms with Crippen molar-refractivity contribution in [2.24, 2.45) is 0 Å². The van der Waals surface area contributed by atoms with E-state index in [0.29, 0.717) is 10.7 Å². The molecule has 1 fully saturated rings. The number of nitrogens with zero attached hydrogens (tertiary/aromatic N) is 1. The monoisotopic (exact) mass is 448 g/mol. The zero-order chi connectivity index (χ0) is 21.8. The normalized spacial score (nSPS) is 14.9. The number of para-hydroxylation sites is 1. The number of benzene rings is 3. The lowest BCUT2D eigenvalue weighted by atomic mass is 10.0. The molecule has 0 bridgehead atoms. The second-order valence-corrected chi connectivity index (χ2v) is 8.18. The molecule has 154 valence electrons. The summed E-state index contributed by atoms with van der Waals surface area (Å²) in [4.78, 5) is 38.5. The first-order valence-corrected chi connectivity index (χ1v) is 10.7. The van der Waals surface area contributed by atoms with Gasteiger partial charge in [0.1, 0.15) is 6.54 Å². The van der Waals surface area contributed by atoms with Crippen molar-refractivity contribution in [3.05, 3.63) is 94.4 Å². The molecule has 0 aromatic heterocycles. The zero-order valence-electron chi connectivity index (χ0n) is 16.2. The van der Waals surface area contributed by atoms with Crippen LogP contribution in [0.1, 0.15) is 5.56 Å². The maximum Gasteiger partial charge on any atom is 0.294 e. The largest absolute Gasteiger partial charge is 0.323 e. The minimum absolute atomic E-state index is 0.281. The average molecular weight is 449 g/mol. The Labute approximate surface area is 188 Å². The Morgan fingerprint density at radius 3 is 2.26 bits per heavy atom. The van der Waals surface area contributed by atoms with Crippen LogP contribution < -0.4 is 5.32 Å². The molecule has 5 nitrogen and oxygen atoms in total. The standard InChI is InChI=1S/C24H17ClN2O3S/c25-19-8-4-5-9-20(19)26-22(28)15-27-23(29)21(31-24(27)30)14-16-10-12-18(13-11-16)17-6-2-1-3-7-17/h1-14H,15H2,(H,26,28)/b21-14+. The van der Waals surface area contributed by atoms with Crippen LogP contribution >= 0.6 is 23.4 Å². The first-order chi connectivity index (χ1) is 15.0. The van der Waals surface area contributed by atoms with E-state index in [4.69, 9.17) is 11.6 Å². The topological polar surface area (TPSA) is 66.5 Å². The fourth-order valence-electron chi connectivity index (χ4n) is 3.09. The number of thioether (sulfide) groups is 1. The first kappa shape index (κ1) is 20.9. The van der Waals surface area contributed by atoms with Gasteiger partial charge in [-0.25, -0.2) is 0 Å². The summed E-state index contributed by atoms with van der Waals surface area (Å²) in [7, 11) is 0. The van der Waals surface area contributed by atoms with E-state index in [0.717, 1.165) is 33.4 Å². The molecule has 3 aromatic carbocycles. The number of anilines is 1. The molecule has 1 aliphatic heterocycles. The zero-order valence-corrected chi connectivity index (χ0v) is 17.8. The quantitative estimate of drug-likeness (QED) is 0.510. The van der Waals surface area contributed by atoms with Gasteiger partial charge in [-0.3, -0.25) is 19.3 Å². The summed E-state index contributed by atoms with van der Waals surface area (Å²) in [6.45, 7) is -0.375. The predicted octanol–water partition coefficient (Wildman–Crippen LogP) is 5.68. The van der Waals surface area contributed by atoms with E-state index in [1.807, 2.05) is 54.6 Å². The molecule has 0 aliphatic carbocycles. The Hall–Kier alpha value is -3.35. The van der Waals surface area contributed by atoms with Crippen molar-refractivity contribution >= 4 is 52.2 Å². The Morgan fingerprint density at radius 2 is 1.55 bits per heavy atom. The van der Waals surface area contributed by atoms with E-state index in [9.17, 15) is 14.4 Å². The van der Waals surface area contributed by atoms with Crippen LogP contribution in [0.2, 0.25) is 5.02 Å². The third kappa shape index (κ3) is 4.87. The van der Waals surface area contributed by atoms with Gasteiger partial charge in [-0.2, -0.15) is 0 Å². The highest BCUT2D eigenvalue weighted by atomic mass is 35.5. The third-order valence-corrected chi connectivity index (χ3v) is 5.88. The number of halogens is 1. The van der Waals surface area contributed by atoms with Gasteiger partial charge < -0.3 is 5.32 Å². The maximum atomic E-state index is 12.7. The van der Waals surface area contributed by atoms with Crippen molar-refractivity contribution in [3.8, 4) is 11.1 Å². The highest BCUT2D eigenvalue weighted by Gasteiger charge is 2.36. The molecular weight excluding hydrogens is 432 g/mol. The van der Waals surface area contributed by atoms with Gasteiger partial charge in [-0.15, -0.1) is 0 Å². The van der Waals surface area contributed by atoms with Gasteiger partial charge in [0.05, 0.1) is 15.6 Å². The van der Waals surface area contributed by atoms with Gasteiger partial charge in [0.25, 0.3) is 11.1 Å². The minimum atomic E-state index is -0.496. The van der Waals surface area contributed by atoms with E-state index in [2.05, 4.69) is 5.32 Å². The number of hydrogen-bond acceptors (Lipinski definition) is 4. The fourth-order valence-corrected chi connectivity index (χ4v) is 4.11. The molecule has 0 spiro atoms. The highest BCUT2D eigenvalue weighted by molar-refractivity contribution is 8.18. The SMILES string of the molecule is O=C(CN1C(=O)S/C(=C/c2ccc(-c3ccccc3)cc2)C1=O)Nc1ccccc1Cl. The van der Waals surface area contributed by atoms with Gasteiger partial charge in [-0.1, -0.05) is 78.3 Å². The van der Waals surface area contributed by atoms with Gasteiger partial charge in [0.2, 0.25) is 5.91 Å². The highest BCUT2D eigenvalue weighted by Crippen LogP contribution is 2.32. The summed E-state index contributed by atoms with van der Waals surface area (Å²) >= 11 is 6.85. The number of imide groups is 1. The molecule has 1 saturated heterocycles. The van der Waals surface area contributed by atoms with Crippen molar-refractivity contribution in [2.75, 3.05) is 11.9 Å². The molecule has 3 aromatic rings. The fraction of sp³-hybridized carbons (Fsp3) is 0.0417. The van der Waals surface area contributed by atoms with E-state index < -0.39 is 17.1 Å². The van der Waals surface area contributed by atoms with Crippen molar-refractivity contribution in [2.45, 2.75) is 0 Å². The lowest BCUT2D eigenvalue weighted by molar-refractivity contribution is -0.127. The lowest BCUT2D eigenvalue weighted by Gasteiger charge is -2.13. The van der Waals surface area contributed by atoms with E-state index in [1.54, 1.807) is 30.3 Å². The molecule has 3 amide bonds. The van der Waals surface area contributed by atoms with E-state index >= 15 is 0 Å². The number of amides is 3. The molecule has 7 heteroatoms. The van der Waals surface area contributed by atoms with Crippen molar-refractivity contribution in [1.29, 1.82) is 0 Å². The molecule has 31 heavy (non-hydrogen) atoms. The Bertz CT molecular complexity index is 1180. The Balaban J connectivity index is 1.44. The maximum absolute atomic E-state index is 12.7. The molecule has 4 rings (SSSR count). The molecule has 0 unspecified atom stereocenters. The second kappa shape index (κ2) is 9.20. The molecular formula is C24H17ClN2O3S. The van der Waals surface area contributed by atoms with Crippen molar-refractivity contribution < 1.29 is 14.4 Å². The number of carbonyl (C=O) groups is 3. The lowest BCUT2D eigenvalue weighted by Crippen LogP contribution is -2.36. The summed E-state index contributed by atoms with van der Waals surface area (Å²) in [5.74, 6) is -0.986. The number of nitrogens with one attached hydrogen (secondary N) is 1. The number of hydrogen-bond donors (Lipinski definition) is 1. The Kier molecular flexibility index (Phi) is 6.21. The summed E-state index contributed by atoms with van der Waals surface area (Å²) in [6.07, 6.45) is 1.66. The van der Waals surface area contributed by atoms with Crippen LogP contribution in [0.5, 0.6) is 0 Å². The van der Waals surface area contributed by atoms with Crippen LogP contribution in [-0.4, -0.2) is 28.5 Å². The number of carbonyl (C=O) groups excluding carboxylic acids is 3. The molecule has 0 atom stereocenters. The van der Waals surface area contributed by atoms with Crippen LogP contribution in [0.4, 0.5) is 10.5 Å². The van der Waals surface area contributed by atoms with E-state index in [1.165, 1.54) is 0 Å². The summed E-state index contributed by atoms with van der Waals surface area (Å²) in [5.41, 5.74) is 3.38. The van der Waals surface area contributed by atoms with Crippen LogP contribution in [0, 0.1) is 0 Å². The van der Waals surface area contributed by atoms with Crippen LogP contribution in [0.3, 0.4) is 0 Å². The van der Waals surface area contributed by atoms with Crippen LogP contribution in [0.15, 0.2) is 83.8 Å². The smallest absolute Gasteiger partial charge is 0.294 e. The van der Waals surface area contributed by atoms with Gasteiger partial charge in [0.15, 0.2) is 0 Å². The van der Waals surface area contributed by atoms with Crippen molar-refractivity contribution in [1.82, 2.24) is 4.90 Å². The van der Waals surface area contributed by atoms with E-state index in [-0.39, 0.29) is 11.4 Å². The van der Waals surface area contributed by atoms with Gasteiger partial charge in [0, 0.05) is 0 Å². The number of rotatable bonds is 5. The second-order valence-electron chi connectivity index (χ2n) is 6.78. The summed E-state index contributed by atoms with van der Waals surface area (Å²) in [5, 5.41) is 2.52. The first-order valence-electron chi connectivity index (χ1n) is 9.46. The summed E-state index contributed by atoms with van der Waals surface area (Å²) in [6, 6.07) is 24.4.